The Hall–Kier alpha value is -2.69. The maximum Gasteiger partial charge on any atom is 0.269 e. The molecule has 0 bridgehead atoms. The molecule has 0 radical (unpaired) electrons. The van der Waals surface area contributed by atoms with Crippen LogP contribution in [-0.4, -0.2) is 22.9 Å². The molecule has 5 heteroatoms. The van der Waals surface area contributed by atoms with Crippen molar-refractivity contribution < 1.29 is 4.92 Å². The van der Waals surface area contributed by atoms with Crippen molar-refractivity contribution in [2.75, 3.05) is 13.1 Å². The van der Waals surface area contributed by atoms with Crippen molar-refractivity contribution in [1.29, 1.82) is 0 Å². The number of nitro benzene ring substituents is 1. The summed E-state index contributed by atoms with van der Waals surface area (Å²) in [5.74, 6) is 0. The van der Waals surface area contributed by atoms with Crippen molar-refractivity contribution in [2.24, 2.45) is 0 Å². The van der Waals surface area contributed by atoms with Gasteiger partial charge in [0.1, 0.15) is 0 Å². The number of non-ortho nitro benzene ring substituents is 1. The second kappa shape index (κ2) is 8.36. The van der Waals surface area contributed by atoms with Crippen molar-refractivity contribution in [3.8, 4) is 0 Å². The highest BCUT2D eigenvalue weighted by Crippen LogP contribution is 2.47. The molecule has 4 rings (SSSR count). The van der Waals surface area contributed by atoms with Crippen LogP contribution >= 0.6 is 11.6 Å². The third kappa shape index (κ3) is 3.54. The fraction of sp³-hybridized carbons (Fsp3) is 0.250. The van der Waals surface area contributed by atoms with Crippen molar-refractivity contribution in [1.82, 2.24) is 4.90 Å². The summed E-state index contributed by atoms with van der Waals surface area (Å²) in [5.41, 5.74) is 2.25. The quantitative estimate of drug-likeness (QED) is 0.295. The molecule has 1 fully saturated rings. The van der Waals surface area contributed by atoms with Crippen LogP contribution in [0.5, 0.6) is 0 Å². The zero-order chi connectivity index (χ0) is 20.3. The summed E-state index contributed by atoms with van der Waals surface area (Å²) >= 11 is 6.75. The first-order chi connectivity index (χ1) is 14.1. The molecular weight excluding hydrogens is 384 g/mol. The van der Waals surface area contributed by atoms with Crippen molar-refractivity contribution in [3.63, 3.8) is 0 Å². The molecule has 0 aromatic heterocycles. The van der Waals surface area contributed by atoms with E-state index in [-0.39, 0.29) is 10.6 Å². The first kappa shape index (κ1) is 19.6. The fourth-order valence-corrected chi connectivity index (χ4v) is 4.76. The number of nitrogens with zero attached hydrogens (tertiary/aromatic N) is 2. The van der Waals surface area contributed by atoms with Gasteiger partial charge in [-0.1, -0.05) is 78.7 Å². The fourth-order valence-electron chi connectivity index (χ4n) is 4.51. The highest BCUT2D eigenvalue weighted by atomic mass is 35.5. The van der Waals surface area contributed by atoms with Crippen LogP contribution < -0.4 is 0 Å². The van der Waals surface area contributed by atoms with Gasteiger partial charge in [-0.05, 0) is 43.1 Å². The number of likely N-dealkylation sites (tertiary alicyclic amines) is 1. The maximum atomic E-state index is 11.6. The van der Waals surface area contributed by atoms with E-state index < -0.39 is 5.54 Å². The third-order valence-electron chi connectivity index (χ3n) is 5.76. The number of piperidine rings is 1. The Morgan fingerprint density at radius 1 is 0.828 bits per heavy atom. The van der Waals surface area contributed by atoms with Crippen LogP contribution in [0.15, 0.2) is 78.9 Å². The molecule has 0 aliphatic carbocycles. The lowest BCUT2D eigenvalue weighted by Gasteiger charge is -2.47. The summed E-state index contributed by atoms with van der Waals surface area (Å²) in [7, 11) is 0. The van der Waals surface area contributed by atoms with Gasteiger partial charge in [0.2, 0.25) is 0 Å². The minimum atomic E-state index is -0.688. The molecule has 0 unspecified atom stereocenters. The Morgan fingerprint density at radius 2 is 1.38 bits per heavy atom. The van der Waals surface area contributed by atoms with E-state index in [0.717, 1.165) is 42.6 Å². The minimum absolute atomic E-state index is 0.0534. The van der Waals surface area contributed by atoms with E-state index in [0.29, 0.717) is 5.02 Å². The normalized spacial score (nSPS) is 15.2. The molecule has 1 aliphatic heterocycles. The van der Waals surface area contributed by atoms with Crippen LogP contribution in [-0.2, 0) is 5.54 Å². The lowest BCUT2D eigenvalue weighted by atomic mass is 9.74. The minimum Gasteiger partial charge on any atom is -0.286 e. The van der Waals surface area contributed by atoms with Crippen LogP contribution in [0.3, 0.4) is 0 Å². The number of nitro groups is 1. The number of rotatable bonds is 5. The van der Waals surface area contributed by atoms with Crippen LogP contribution in [0.4, 0.5) is 5.69 Å². The smallest absolute Gasteiger partial charge is 0.269 e. The van der Waals surface area contributed by atoms with Crippen LogP contribution in [0.2, 0.25) is 5.02 Å². The van der Waals surface area contributed by atoms with Gasteiger partial charge in [0, 0.05) is 22.7 Å². The van der Waals surface area contributed by atoms with Gasteiger partial charge in [-0.3, -0.25) is 15.0 Å². The van der Waals surface area contributed by atoms with E-state index in [1.54, 1.807) is 12.1 Å². The van der Waals surface area contributed by atoms with Gasteiger partial charge in [0.15, 0.2) is 0 Å². The van der Waals surface area contributed by atoms with Gasteiger partial charge in [0.25, 0.3) is 5.69 Å². The molecule has 0 spiro atoms. The SMILES string of the molecule is O=[N+]([O-])c1ccc(Cl)c(C(c2ccccc2)(c2ccccc2)N2CCCCC2)c1. The number of hydrogen-bond donors (Lipinski definition) is 0. The summed E-state index contributed by atoms with van der Waals surface area (Å²) in [6, 6.07) is 25.2. The Balaban J connectivity index is 2.08. The molecule has 1 heterocycles. The Bertz CT molecular complexity index is 947. The lowest BCUT2D eigenvalue weighted by Crippen LogP contribution is -2.50. The Morgan fingerprint density at radius 3 is 1.90 bits per heavy atom. The van der Waals surface area contributed by atoms with Gasteiger partial charge in [0.05, 0.1) is 10.5 Å². The predicted octanol–water partition coefficient (Wildman–Crippen LogP) is 6.03. The van der Waals surface area contributed by atoms with Crippen molar-refractivity contribution >= 4 is 17.3 Å². The van der Waals surface area contributed by atoms with E-state index in [1.807, 2.05) is 36.4 Å². The van der Waals surface area contributed by atoms with Gasteiger partial charge in [-0.15, -0.1) is 0 Å². The standard InChI is InChI=1S/C24H23ClN2O2/c25-23-15-14-21(27(28)29)18-22(23)24(19-10-4-1-5-11-19,20-12-6-2-7-13-20)26-16-8-3-9-17-26/h1-2,4-7,10-15,18H,3,8-9,16-17H2. The van der Waals surface area contributed by atoms with Gasteiger partial charge < -0.3 is 0 Å². The number of halogens is 1. The molecule has 0 amide bonds. The molecule has 29 heavy (non-hydrogen) atoms. The highest BCUT2D eigenvalue weighted by molar-refractivity contribution is 6.31. The molecule has 4 nitrogen and oxygen atoms in total. The van der Waals surface area contributed by atoms with Gasteiger partial charge >= 0.3 is 0 Å². The molecule has 0 saturated carbocycles. The van der Waals surface area contributed by atoms with E-state index in [1.165, 1.54) is 12.5 Å². The highest BCUT2D eigenvalue weighted by Gasteiger charge is 2.44. The monoisotopic (exact) mass is 406 g/mol. The summed E-state index contributed by atoms with van der Waals surface area (Å²) in [6.45, 7) is 1.81. The van der Waals surface area contributed by atoms with Crippen molar-refractivity contribution in [2.45, 2.75) is 24.8 Å². The van der Waals surface area contributed by atoms with Crippen molar-refractivity contribution in [3.05, 3.63) is 111 Å². The Labute approximate surface area is 175 Å². The molecule has 1 saturated heterocycles. The molecule has 0 atom stereocenters. The molecule has 148 valence electrons. The number of hydrogen-bond acceptors (Lipinski definition) is 3. The number of benzene rings is 3. The summed E-state index contributed by atoms with van der Waals surface area (Å²) < 4.78 is 0. The summed E-state index contributed by atoms with van der Waals surface area (Å²) in [6.07, 6.45) is 3.38. The topological polar surface area (TPSA) is 46.4 Å². The first-order valence-corrected chi connectivity index (χ1v) is 10.3. The average Bonchev–Trinajstić information content (AvgIpc) is 2.77. The second-order valence-corrected chi connectivity index (χ2v) is 7.82. The van der Waals surface area contributed by atoms with Crippen LogP contribution in [0.1, 0.15) is 36.0 Å². The van der Waals surface area contributed by atoms with E-state index >= 15 is 0 Å². The molecule has 3 aromatic rings. The van der Waals surface area contributed by atoms with E-state index in [4.69, 9.17) is 11.6 Å². The average molecular weight is 407 g/mol. The molecule has 1 aliphatic rings. The molecular formula is C24H23ClN2O2. The zero-order valence-electron chi connectivity index (χ0n) is 16.1. The second-order valence-electron chi connectivity index (χ2n) is 7.41. The van der Waals surface area contributed by atoms with Crippen LogP contribution in [0.25, 0.3) is 0 Å². The molecule has 0 N–H and O–H groups in total. The van der Waals surface area contributed by atoms with Gasteiger partial charge in [-0.25, -0.2) is 0 Å². The van der Waals surface area contributed by atoms with E-state index in [2.05, 4.69) is 29.2 Å². The van der Waals surface area contributed by atoms with Gasteiger partial charge in [-0.2, -0.15) is 0 Å². The zero-order valence-corrected chi connectivity index (χ0v) is 16.9. The molecule has 3 aromatic carbocycles. The van der Waals surface area contributed by atoms with Crippen LogP contribution in [0, 0.1) is 10.1 Å². The third-order valence-corrected chi connectivity index (χ3v) is 6.09. The van der Waals surface area contributed by atoms with E-state index in [9.17, 15) is 10.1 Å². The predicted molar refractivity (Wildman–Crippen MR) is 116 cm³/mol. The largest absolute Gasteiger partial charge is 0.286 e. The lowest BCUT2D eigenvalue weighted by molar-refractivity contribution is -0.385. The Kier molecular flexibility index (Phi) is 5.65. The maximum absolute atomic E-state index is 11.6. The first-order valence-electron chi connectivity index (χ1n) is 9.94. The summed E-state index contributed by atoms with van der Waals surface area (Å²) in [4.78, 5) is 13.7. The summed E-state index contributed by atoms with van der Waals surface area (Å²) in [5, 5.41) is 12.1.